The number of halogens is 2. The zero-order valence-electron chi connectivity index (χ0n) is 19.3. The Labute approximate surface area is 208 Å². The lowest BCUT2D eigenvalue weighted by atomic mass is 9.97. The summed E-state index contributed by atoms with van der Waals surface area (Å²) < 4.78 is 7.17. The topological polar surface area (TPSA) is 76.5 Å². The zero-order chi connectivity index (χ0) is 24.5. The molecule has 2 aromatic carbocycles. The van der Waals surface area contributed by atoms with Gasteiger partial charge in [0.15, 0.2) is 0 Å². The molecule has 2 heterocycles. The highest BCUT2D eigenvalue weighted by atomic mass is 35.5. The van der Waals surface area contributed by atoms with Crippen molar-refractivity contribution in [1.29, 1.82) is 0 Å². The van der Waals surface area contributed by atoms with Gasteiger partial charge in [-0.05, 0) is 68.1 Å². The zero-order valence-corrected chi connectivity index (χ0v) is 20.8. The third-order valence-electron chi connectivity index (χ3n) is 5.37. The number of nitrogens with zero attached hydrogens (tertiary/aromatic N) is 3. The molecule has 1 N–H and O–H groups in total. The number of amides is 2. The second-order valence-corrected chi connectivity index (χ2v) is 10.1. The van der Waals surface area contributed by atoms with Crippen molar-refractivity contribution in [1.82, 2.24) is 14.7 Å². The molecule has 34 heavy (non-hydrogen) atoms. The Bertz CT molecular complexity index is 1230. The number of hydrogen-bond donors (Lipinski definition) is 1. The summed E-state index contributed by atoms with van der Waals surface area (Å²) in [6, 6.07) is 10.9. The summed E-state index contributed by atoms with van der Waals surface area (Å²) in [7, 11) is 0. The summed E-state index contributed by atoms with van der Waals surface area (Å²) in [6.45, 7) is 7.02. The minimum atomic E-state index is -0.534. The Morgan fingerprint density at radius 1 is 1.12 bits per heavy atom. The maximum Gasteiger partial charge on any atom is 0.410 e. The molecule has 7 nitrogen and oxygen atoms in total. The van der Waals surface area contributed by atoms with Gasteiger partial charge in [-0.2, -0.15) is 5.10 Å². The van der Waals surface area contributed by atoms with Crippen LogP contribution in [0.15, 0.2) is 48.8 Å². The second-order valence-electron chi connectivity index (χ2n) is 9.25. The Morgan fingerprint density at radius 3 is 2.65 bits per heavy atom. The predicted molar refractivity (Wildman–Crippen MR) is 133 cm³/mol. The van der Waals surface area contributed by atoms with Gasteiger partial charge in [0, 0.05) is 34.9 Å². The van der Waals surface area contributed by atoms with E-state index < -0.39 is 5.60 Å². The molecule has 0 aliphatic carbocycles. The van der Waals surface area contributed by atoms with Crippen LogP contribution in [0.5, 0.6) is 0 Å². The van der Waals surface area contributed by atoms with Gasteiger partial charge >= 0.3 is 6.09 Å². The summed E-state index contributed by atoms with van der Waals surface area (Å²) in [4.78, 5) is 26.9. The molecule has 0 saturated heterocycles. The van der Waals surface area contributed by atoms with Crippen LogP contribution in [-0.4, -0.2) is 38.8 Å². The molecular formula is C25H26Cl2N4O3. The number of benzene rings is 2. The van der Waals surface area contributed by atoms with Crippen LogP contribution in [0.1, 0.15) is 47.8 Å². The molecule has 0 saturated carbocycles. The van der Waals surface area contributed by atoms with Crippen LogP contribution >= 0.6 is 23.2 Å². The maximum atomic E-state index is 12.8. The van der Waals surface area contributed by atoms with Gasteiger partial charge < -0.3 is 15.0 Å². The molecule has 0 fully saturated rings. The molecular weight excluding hydrogens is 475 g/mol. The highest BCUT2D eigenvalue weighted by molar-refractivity contribution is 6.35. The van der Waals surface area contributed by atoms with E-state index in [2.05, 4.69) is 10.4 Å². The van der Waals surface area contributed by atoms with E-state index in [1.54, 1.807) is 40.2 Å². The quantitative estimate of drug-likeness (QED) is 0.492. The number of hydrogen-bond acceptors (Lipinski definition) is 4. The Morgan fingerprint density at radius 2 is 1.91 bits per heavy atom. The molecule has 0 atom stereocenters. The van der Waals surface area contributed by atoms with Crippen molar-refractivity contribution in [2.45, 2.75) is 45.9 Å². The molecule has 9 heteroatoms. The van der Waals surface area contributed by atoms with Crippen molar-refractivity contribution in [2.75, 3.05) is 11.9 Å². The minimum Gasteiger partial charge on any atom is -0.444 e. The lowest BCUT2D eigenvalue weighted by molar-refractivity contribution is 0.0224. The number of aromatic nitrogens is 2. The Kier molecular flexibility index (Phi) is 6.86. The van der Waals surface area contributed by atoms with E-state index in [4.69, 9.17) is 27.9 Å². The summed E-state index contributed by atoms with van der Waals surface area (Å²) in [6.07, 6.45) is 3.69. The van der Waals surface area contributed by atoms with Crippen LogP contribution in [0.4, 0.5) is 10.5 Å². The van der Waals surface area contributed by atoms with Crippen molar-refractivity contribution in [3.05, 3.63) is 81.1 Å². The molecule has 2 amide bonds. The lowest BCUT2D eigenvalue weighted by Crippen LogP contribution is -2.39. The van der Waals surface area contributed by atoms with Crippen molar-refractivity contribution in [3.8, 4) is 0 Å². The monoisotopic (exact) mass is 500 g/mol. The molecule has 0 unspecified atom stereocenters. The Balaban J connectivity index is 1.39. The van der Waals surface area contributed by atoms with E-state index in [1.165, 1.54) is 0 Å². The van der Waals surface area contributed by atoms with E-state index in [0.29, 0.717) is 47.4 Å². The van der Waals surface area contributed by atoms with E-state index in [9.17, 15) is 9.59 Å². The third kappa shape index (κ3) is 5.90. The average Bonchev–Trinajstić information content (AvgIpc) is 3.20. The van der Waals surface area contributed by atoms with Gasteiger partial charge in [-0.15, -0.1) is 0 Å². The SMILES string of the molecule is CC(C)(C)OC(=O)N1CCc2cc(C(=O)Nc3cnn(Cc4ccc(Cl)cc4Cl)c3)ccc2C1. The van der Waals surface area contributed by atoms with Gasteiger partial charge in [0.2, 0.25) is 0 Å². The Hall–Kier alpha value is -3.03. The molecule has 1 aliphatic rings. The van der Waals surface area contributed by atoms with Gasteiger partial charge in [-0.25, -0.2) is 4.79 Å². The fraction of sp³-hybridized carbons (Fsp3) is 0.320. The molecule has 0 radical (unpaired) electrons. The van der Waals surface area contributed by atoms with Gasteiger partial charge in [-0.3, -0.25) is 9.48 Å². The van der Waals surface area contributed by atoms with Crippen LogP contribution in [0.3, 0.4) is 0 Å². The minimum absolute atomic E-state index is 0.221. The average molecular weight is 501 g/mol. The van der Waals surface area contributed by atoms with Gasteiger partial charge in [-0.1, -0.05) is 35.3 Å². The summed E-state index contributed by atoms with van der Waals surface area (Å²) >= 11 is 12.2. The number of ether oxygens (including phenoxy) is 1. The van der Waals surface area contributed by atoms with Crippen LogP contribution in [0, 0.1) is 0 Å². The fourth-order valence-corrected chi connectivity index (χ4v) is 4.19. The molecule has 4 rings (SSSR count). The first kappa shape index (κ1) is 24.1. The lowest BCUT2D eigenvalue weighted by Gasteiger charge is -2.31. The summed E-state index contributed by atoms with van der Waals surface area (Å²) in [5, 5.41) is 8.33. The maximum absolute atomic E-state index is 12.8. The molecule has 1 aliphatic heterocycles. The van der Waals surface area contributed by atoms with Gasteiger partial charge in [0.05, 0.1) is 18.4 Å². The largest absolute Gasteiger partial charge is 0.444 e. The summed E-state index contributed by atoms with van der Waals surface area (Å²) in [5.41, 5.74) is 3.56. The van der Waals surface area contributed by atoms with Gasteiger partial charge in [0.25, 0.3) is 5.91 Å². The van der Waals surface area contributed by atoms with E-state index >= 15 is 0 Å². The van der Waals surface area contributed by atoms with Crippen molar-refractivity contribution in [2.24, 2.45) is 0 Å². The predicted octanol–water partition coefficient (Wildman–Crippen LogP) is 5.78. The van der Waals surface area contributed by atoms with E-state index in [0.717, 1.165) is 16.7 Å². The number of fused-ring (bicyclic) bond motifs is 1. The first-order valence-corrected chi connectivity index (χ1v) is 11.7. The van der Waals surface area contributed by atoms with E-state index in [-0.39, 0.29) is 12.0 Å². The van der Waals surface area contributed by atoms with Crippen molar-refractivity contribution >= 4 is 40.9 Å². The first-order valence-electron chi connectivity index (χ1n) is 10.9. The smallest absolute Gasteiger partial charge is 0.410 e. The van der Waals surface area contributed by atoms with Gasteiger partial charge in [0.1, 0.15) is 5.60 Å². The first-order chi connectivity index (χ1) is 16.1. The van der Waals surface area contributed by atoms with Crippen LogP contribution in [0.25, 0.3) is 0 Å². The fourth-order valence-electron chi connectivity index (χ4n) is 3.72. The van der Waals surface area contributed by atoms with Crippen molar-refractivity contribution in [3.63, 3.8) is 0 Å². The molecule has 0 bridgehead atoms. The number of nitrogens with one attached hydrogen (secondary N) is 1. The highest BCUT2D eigenvalue weighted by Gasteiger charge is 2.26. The molecule has 3 aromatic rings. The van der Waals surface area contributed by atoms with Crippen molar-refractivity contribution < 1.29 is 14.3 Å². The molecule has 0 spiro atoms. The summed E-state index contributed by atoms with van der Waals surface area (Å²) in [5.74, 6) is -0.221. The second kappa shape index (κ2) is 9.68. The number of rotatable bonds is 4. The van der Waals surface area contributed by atoms with Crippen LogP contribution in [-0.2, 0) is 24.2 Å². The van der Waals surface area contributed by atoms with Crippen LogP contribution < -0.4 is 5.32 Å². The number of anilines is 1. The third-order valence-corrected chi connectivity index (χ3v) is 5.96. The van der Waals surface area contributed by atoms with Crippen LogP contribution in [0.2, 0.25) is 10.0 Å². The van der Waals surface area contributed by atoms with E-state index in [1.807, 2.05) is 39.0 Å². The number of carbonyl (C=O) groups excluding carboxylic acids is 2. The normalized spacial score (nSPS) is 13.4. The molecule has 1 aromatic heterocycles. The molecule has 178 valence electrons. The number of carbonyl (C=O) groups is 2. The highest BCUT2D eigenvalue weighted by Crippen LogP contribution is 2.24. The standard InChI is InChI=1S/C25H26Cl2N4O3/c1-25(2,3)34-24(33)30-9-8-16-10-17(4-5-18(16)13-30)23(32)29-21-12-28-31(15-21)14-19-6-7-20(26)11-22(19)27/h4-7,10-12,15H,8-9,13-14H2,1-3H3,(H,29,32).